The summed E-state index contributed by atoms with van der Waals surface area (Å²) in [5.74, 6) is 0. The van der Waals surface area contributed by atoms with Gasteiger partial charge in [0.15, 0.2) is 0 Å². The van der Waals surface area contributed by atoms with Crippen molar-refractivity contribution in [3.05, 3.63) is 0 Å². The van der Waals surface area contributed by atoms with Gasteiger partial charge in [-0.15, -0.1) is 0 Å². The number of alkyl halides is 3. The van der Waals surface area contributed by atoms with Gasteiger partial charge in [0, 0.05) is 0 Å². The van der Waals surface area contributed by atoms with Gasteiger partial charge in [-0.2, -0.15) is 13.2 Å². The molecule has 1 nitrogen and oxygen atoms in total. The Morgan fingerprint density at radius 1 is 1.38 bits per heavy atom. The smallest absolute Gasteiger partial charge is 0.846 e. The topological polar surface area (TPSA) is 23.1 Å². The van der Waals surface area contributed by atoms with Crippen LogP contribution in [0.3, 0.4) is 0 Å². The molecule has 0 radical (unpaired) electrons. The third-order valence-corrected chi connectivity index (χ3v) is 0.461. The zero-order valence-corrected chi connectivity index (χ0v) is 6.62. The van der Waals surface area contributed by atoms with Crippen molar-refractivity contribution in [1.29, 1.82) is 0 Å². The van der Waals surface area contributed by atoms with Crippen LogP contribution in [0.15, 0.2) is 0 Å². The fourth-order valence-electron chi connectivity index (χ4n) is 0. The Kier molecular flexibility index (Phi) is 5.36. The Bertz CT molecular complexity index is 60.0. The number of halogens is 3. The van der Waals surface area contributed by atoms with Gasteiger partial charge >= 0.3 is 35.7 Å². The van der Waals surface area contributed by atoms with Gasteiger partial charge in [0.2, 0.25) is 0 Å². The van der Waals surface area contributed by atoms with Crippen molar-refractivity contribution in [1.82, 2.24) is 0 Å². The van der Waals surface area contributed by atoms with Crippen LogP contribution >= 0.6 is 0 Å². The Balaban J connectivity index is 0. The molecule has 1 atom stereocenters. The number of rotatable bonds is 0. The molecule has 0 saturated carbocycles. The molecule has 0 bridgehead atoms. The van der Waals surface area contributed by atoms with E-state index in [-0.39, 0.29) is 29.6 Å². The van der Waals surface area contributed by atoms with Crippen molar-refractivity contribution in [2.45, 2.75) is 19.2 Å². The Morgan fingerprint density at radius 2 is 1.50 bits per heavy atom. The molecule has 0 aromatic rings. The third-order valence-electron chi connectivity index (χ3n) is 0.461. The second-order valence-corrected chi connectivity index (χ2v) is 1.18. The monoisotopic (exact) mass is 136 g/mol. The average molecular weight is 136 g/mol. The van der Waals surface area contributed by atoms with E-state index in [2.05, 4.69) is 0 Å². The molecule has 0 aromatic carbocycles. The van der Waals surface area contributed by atoms with E-state index in [1.165, 1.54) is 0 Å². The first-order valence-electron chi connectivity index (χ1n) is 1.67. The molecule has 0 heterocycles. The van der Waals surface area contributed by atoms with Crippen molar-refractivity contribution in [2.75, 3.05) is 0 Å². The van der Waals surface area contributed by atoms with Gasteiger partial charge in [-0.1, -0.05) is 6.92 Å². The normalized spacial score (nSPS) is 14.6. The summed E-state index contributed by atoms with van der Waals surface area (Å²) in [7, 11) is 0. The van der Waals surface area contributed by atoms with Crippen LogP contribution in [0.5, 0.6) is 0 Å². The fourth-order valence-corrected chi connectivity index (χ4v) is 0. The quantitative estimate of drug-likeness (QED) is 0.332. The standard InChI is InChI=1S/C3H4F3O.Na/c1-2(7)3(4,5)6;/h2H,1H3;/q-1;+1. The largest absolute Gasteiger partial charge is 1.00 e. The van der Waals surface area contributed by atoms with E-state index in [1.807, 2.05) is 0 Å². The van der Waals surface area contributed by atoms with Gasteiger partial charge in [-0.3, -0.25) is 0 Å². The van der Waals surface area contributed by atoms with Gasteiger partial charge in [0.05, 0.1) is 0 Å². The van der Waals surface area contributed by atoms with Crippen LogP contribution in [0.25, 0.3) is 0 Å². The van der Waals surface area contributed by atoms with Crippen LogP contribution in [0.4, 0.5) is 13.2 Å². The van der Waals surface area contributed by atoms with Gasteiger partial charge in [-0.25, -0.2) is 0 Å². The van der Waals surface area contributed by atoms with E-state index < -0.39 is 12.3 Å². The molecule has 0 fully saturated rings. The van der Waals surface area contributed by atoms with Crippen molar-refractivity contribution < 1.29 is 47.8 Å². The molecule has 0 aliphatic heterocycles. The predicted octanol–water partition coefficient (Wildman–Crippen LogP) is -2.70. The molecular weight excluding hydrogens is 132 g/mol. The summed E-state index contributed by atoms with van der Waals surface area (Å²) < 4.78 is 32.6. The minimum Gasteiger partial charge on any atom is -0.846 e. The van der Waals surface area contributed by atoms with Gasteiger partial charge in [-0.05, 0) is 6.10 Å². The molecule has 8 heavy (non-hydrogen) atoms. The minimum atomic E-state index is -4.56. The maximum absolute atomic E-state index is 10.9. The van der Waals surface area contributed by atoms with Crippen molar-refractivity contribution in [3.63, 3.8) is 0 Å². The van der Waals surface area contributed by atoms with Crippen LogP contribution < -0.4 is 34.7 Å². The summed E-state index contributed by atoms with van der Waals surface area (Å²) in [6.07, 6.45) is -7.01. The summed E-state index contributed by atoms with van der Waals surface area (Å²) in [6, 6.07) is 0. The van der Waals surface area contributed by atoms with Crippen LogP contribution in [0, 0.1) is 0 Å². The average Bonchev–Trinajstić information content (AvgIpc) is 1.31. The maximum atomic E-state index is 10.9. The molecular formula is C3H4F3NaO. The molecule has 0 saturated heterocycles. The summed E-state index contributed by atoms with van der Waals surface area (Å²) >= 11 is 0. The van der Waals surface area contributed by atoms with E-state index in [0.29, 0.717) is 6.92 Å². The molecule has 0 amide bonds. The Morgan fingerprint density at radius 3 is 1.50 bits per heavy atom. The summed E-state index contributed by atoms with van der Waals surface area (Å²) in [6.45, 7) is 0.569. The molecule has 0 spiro atoms. The summed E-state index contributed by atoms with van der Waals surface area (Å²) in [5, 5.41) is 9.42. The van der Waals surface area contributed by atoms with Gasteiger partial charge < -0.3 is 5.11 Å². The van der Waals surface area contributed by atoms with Crippen LogP contribution in [0.1, 0.15) is 6.92 Å². The molecule has 0 rings (SSSR count). The van der Waals surface area contributed by atoms with E-state index in [0.717, 1.165) is 0 Å². The van der Waals surface area contributed by atoms with Gasteiger partial charge in [0.1, 0.15) is 0 Å². The fraction of sp³-hybridized carbons (Fsp3) is 1.00. The molecule has 1 unspecified atom stereocenters. The maximum Gasteiger partial charge on any atom is 1.00 e. The van der Waals surface area contributed by atoms with E-state index in [4.69, 9.17) is 0 Å². The van der Waals surface area contributed by atoms with Crippen molar-refractivity contribution in [3.8, 4) is 0 Å². The van der Waals surface area contributed by atoms with Crippen LogP contribution in [0.2, 0.25) is 0 Å². The molecule has 0 aliphatic carbocycles. The van der Waals surface area contributed by atoms with Crippen LogP contribution in [-0.2, 0) is 0 Å². The molecule has 0 aliphatic rings. The second kappa shape index (κ2) is 3.71. The summed E-state index contributed by atoms with van der Waals surface area (Å²) in [4.78, 5) is 0. The first-order chi connectivity index (χ1) is 2.94. The zero-order valence-electron chi connectivity index (χ0n) is 4.62. The molecule has 0 aromatic heterocycles. The SMILES string of the molecule is CC([O-])C(F)(F)F.[Na+]. The third kappa shape index (κ3) is 4.90. The number of hydrogen-bond donors (Lipinski definition) is 0. The van der Waals surface area contributed by atoms with E-state index >= 15 is 0 Å². The summed E-state index contributed by atoms with van der Waals surface area (Å²) in [5.41, 5.74) is 0. The minimum absolute atomic E-state index is 0. The first kappa shape index (κ1) is 11.5. The van der Waals surface area contributed by atoms with Crippen LogP contribution in [-0.4, -0.2) is 12.3 Å². The van der Waals surface area contributed by atoms with Crippen molar-refractivity contribution >= 4 is 0 Å². The van der Waals surface area contributed by atoms with Crippen molar-refractivity contribution in [2.24, 2.45) is 0 Å². The molecule has 0 N–H and O–H groups in total. The molecule has 5 heteroatoms. The zero-order chi connectivity index (χ0) is 6.08. The van der Waals surface area contributed by atoms with E-state index in [1.54, 1.807) is 0 Å². The Labute approximate surface area is 67.2 Å². The van der Waals surface area contributed by atoms with E-state index in [9.17, 15) is 18.3 Å². The first-order valence-corrected chi connectivity index (χ1v) is 1.67. The molecule has 44 valence electrons. The number of hydrogen-bond acceptors (Lipinski definition) is 1. The predicted molar refractivity (Wildman–Crippen MR) is 15.5 cm³/mol. The second-order valence-electron chi connectivity index (χ2n) is 1.18. The van der Waals surface area contributed by atoms with Gasteiger partial charge in [0.25, 0.3) is 0 Å². The Hall–Kier alpha value is 0.750.